The van der Waals surface area contributed by atoms with E-state index in [0.29, 0.717) is 12.6 Å². The zero-order chi connectivity index (χ0) is 14.1. The van der Waals surface area contributed by atoms with E-state index in [1.807, 2.05) is 6.07 Å². The Morgan fingerprint density at radius 3 is 2.75 bits per heavy atom. The lowest BCUT2D eigenvalue weighted by molar-refractivity contribution is 0.285. The highest BCUT2D eigenvalue weighted by atomic mass is 16.1. The highest BCUT2D eigenvalue weighted by molar-refractivity contribution is 5.29. The number of hydrogen-bond donors (Lipinski definition) is 1. The average molecular weight is 275 g/mol. The highest BCUT2D eigenvalue weighted by Crippen LogP contribution is 2.30. The topological polar surface area (TPSA) is 51.3 Å². The molecule has 4 heteroatoms. The number of aromatic nitrogens is 1. The molecule has 1 fully saturated rings. The number of nitrogens with zero attached hydrogens (tertiary/aromatic N) is 2. The molecule has 1 aromatic heterocycles. The van der Waals surface area contributed by atoms with E-state index in [4.69, 9.17) is 5.73 Å². The molecule has 0 unspecified atom stereocenters. The van der Waals surface area contributed by atoms with Crippen molar-refractivity contribution >= 4 is 0 Å². The summed E-state index contributed by atoms with van der Waals surface area (Å²) in [5.74, 6) is 0. The molecule has 1 saturated carbocycles. The molecule has 0 saturated heterocycles. The van der Waals surface area contributed by atoms with Crippen LogP contribution < -0.4 is 11.3 Å². The van der Waals surface area contributed by atoms with Gasteiger partial charge in [0.15, 0.2) is 0 Å². The summed E-state index contributed by atoms with van der Waals surface area (Å²) in [6.45, 7) is 2.33. The minimum absolute atomic E-state index is 0.169. The van der Waals surface area contributed by atoms with Crippen LogP contribution in [0.15, 0.2) is 10.9 Å². The second kappa shape index (κ2) is 5.70. The van der Waals surface area contributed by atoms with Gasteiger partial charge in [0.25, 0.3) is 5.56 Å². The van der Waals surface area contributed by atoms with Crippen LogP contribution in [-0.2, 0) is 19.5 Å². The summed E-state index contributed by atoms with van der Waals surface area (Å²) in [4.78, 5) is 15.0. The van der Waals surface area contributed by atoms with Crippen LogP contribution in [0.3, 0.4) is 0 Å². The average Bonchev–Trinajstić information content (AvgIpc) is 2.47. The van der Waals surface area contributed by atoms with E-state index >= 15 is 0 Å². The third-order valence-electron chi connectivity index (χ3n) is 4.83. The van der Waals surface area contributed by atoms with Gasteiger partial charge in [0.2, 0.25) is 0 Å². The maximum Gasteiger partial charge on any atom is 0.255 e. The lowest BCUT2D eigenvalue weighted by atomic mass is 9.93. The Morgan fingerprint density at radius 1 is 1.30 bits per heavy atom. The minimum Gasteiger partial charge on any atom is -0.326 e. The fourth-order valence-corrected chi connectivity index (χ4v) is 3.74. The van der Waals surface area contributed by atoms with Gasteiger partial charge in [0, 0.05) is 43.4 Å². The van der Waals surface area contributed by atoms with Gasteiger partial charge in [-0.05, 0) is 31.5 Å². The van der Waals surface area contributed by atoms with E-state index in [9.17, 15) is 4.79 Å². The standard InChI is InChI=1S/C16H25N3O/c1-18-8-7-15-13(11-18)9-12(10-17)16(20)19(15)14-5-3-2-4-6-14/h9,14H,2-8,10-11,17H2,1H3. The van der Waals surface area contributed by atoms with Crippen molar-refractivity contribution in [3.05, 3.63) is 33.2 Å². The first-order valence-corrected chi connectivity index (χ1v) is 7.85. The lowest BCUT2D eigenvalue weighted by Crippen LogP contribution is -2.38. The molecule has 2 heterocycles. The molecule has 3 rings (SSSR count). The van der Waals surface area contributed by atoms with Crippen molar-refractivity contribution in [3.63, 3.8) is 0 Å². The summed E-state index contributed by atoms with van der Waals surface area (Å²) >= 11 is 0. The van der Waals surface area contributed by atoms with E-state index in [1.54, 1.807) is 0 Å². The summed E-state index contributed by atoms with van der Waals surface area (Å²) in [7, 11) is 2.14. The predicted molar refractivity (Wildman–Crippen MR) is 80.8 cm³/mol. The first-order valence-electron chi connectivity index (χ1n) is 7.85. The molecule has 0 spiro atoms. The monoisotopic (exact) mass is 275 g/mol. The molecule has 0 bridgehead atoms. The molecule has 1 aliphatic heterocycles. The van der Waals surface area contributed by atoms with E-state index in [0.717, 1.165) is 37.9 Å². The predicted octanol–water partition coefficient (Wildman–Crippen LogP) is 1.80. The van der Waals surface area contributed by atoms with Crippen molar-refractivity contribution in [2.45, 2.75) is 57.7 Å². The Morgan fingerprint density at radius 2 is 2.05 bits per heavy atom. The molecule has 110 valence electrons. The van der Waals surface area contributed by atoms with Gasteiger partial charge in [-0.3, -0.25) is 4.79 Å². The van der Waals surface area contributed by atoms with E-state index in [-0.39, 0.29) is 5.56 Å². The minimum atomic E-state index is 0.169. The van der Waals surface area contributed by atoms with Crippen LogP contribution >= 0.6 is 0 Å². The summed E-state index contributed by atoms with van der Waals surface area (Å²) < 4.78 is 2.11. The fraction of sp³-hybridized carbons (Fsp3) is 0.688. The number of fused-ring (bicyclic) bond motifs is 1. The molecule has 0 amide bonds. The number of likely N-dealkylation sites (N-methyl/N-ethyl adjacent to an activating group) is 1. The number of nitrogens with two attached hydrogens (primary N) is 1. The van der Waals surface area contributed by atoms with Gasteiger partial charge in [0.1, 0.15) is 0 Å². The van der Waals surface area contributed by atoms with Crippen molar-refractivity contribution < 1.29 is 0 Å². The van der Waals surface area contributed by atoms with Gasteiger partial charge in [-0.1, -0.05) is 19.3 Å². The Kier molecular flexibility index (Phi) is 3.94. The van der Waals surface area contributed by atoms with E-state index in [2.05, 4.69) is 16.5 Å². The zero-order valence-corrected chi connectivity index (χ0v) is 12.4. The maximum absolute atomic E-state index is 12.7. The molecule has 0 atom stereocenters. The van der Waals surface area contributed by atoms with Gasteiger partial charge < -0.3 is 15.2 Å². The summed E-state index contributed by atoms with van der Waals surface area (Å²) in [6, 6.07) is 2.45. The van der Waals surface area contributed by atoms with Gasteiger partial charge >= 0.3 is 0 Å². The van der Waals surface area contributed by atoms with E-state index in [1.165, 1.54) is 30.5 Å². The quantitative estimate of drug-likeness (QED) is 0.895. The van der Waals surface area contributed by atoms with Crippen LogP contribution in [0.4, 0.5) is 0 Å². The van der Waals surface area contributed by atoms with Crippen molar-refractivity contribution in [2.75, 3.05) is 13.6 Å². The van der Waals surface area contributed by atoms with Crippen molar-refractivity contribution in [2.24, 2.45) is 5.73 Å². The summed E-state index contributed by atoms with van der Waals surface area (Å²) in [5.41, 5.74) is 9.33. The van der Waals surface area contributed by atoms with Crippen LogP contribution in [0.1, 0.15) is 55.0 Å². The summed E-state index contributed by atoms with van der Waals surface area (Å²) in [6.07, 6.45) is 7.10. The van der Waals surface area contributed by atoms with Gasteiger partial charge in [-0.15, -0.1) is 0 Å². The summed E-state index contributed by atoms with van der Waals surface area (Å²) in [5, 5.41) is 0. The molecule has 0 radical (unpaired) electrons. The van der Waals surface area contributed by atoms with Gasteiger partial charge in [0.05, 0.1) is 0 Å². The number of hydrogen-bond acceptors (Lipinski definition) is 3. The largest absolute Gasteiger partial charge is 0.326 e. The van der Waals surface area contributed by atoms with Crippen LogP contribution in [-0.4, -0.2) is 23.1 Å². The number of rotatable bonds is 2. The van der Waals surface area contributed by atoms with Crippen molar-refractivity contribution in [1.82, 2.24) is 9.47 Å². The van der Waals surface area contributed by atoms with Crippen LogP contribution in [0.25, 0.3) is 0 Å². The third-order valence-corrected chi connectivity index (χ3v) is 4.83. The molecule has 2 aliphatic rings. The Bertz CT molecular complexity index is 543. The Balaban J connectivity index is 2.10. The van der Waals surface area contributed by atoms with Gasteiger partial charge in [-0.25, -0.2) is 0 Å². The lowest BCUT2D eigenvalue weighted by Gasteiger charge is -2.33. The van der Waals surface area contributed by atoms with Gasteiger partial charge in [-0.2, -0.15) is 0 Å². The number of pyridine rings is 1. The molecule has 1 aliphatic carbocycles. The zero-order valence-electron chi connectivity index (χ0n) is 12.4. The molecule has 20 heavy (non-hydrogen) atoms. The van der Waals surface area contributed by atoms with Crippen LogP contribution in [0.2, 0.25) is 0 Å². The molecule has 1 aromatic rings. The molecule has 4 nitrogen and oxygen atoms in total. The SMILES string of the molecule is CN1CCc2c(cc(CN)c(=O)n2C2CCCCC2)C1. The Labute approximate surface area is 120 Å². The van der Waals surface area contributed by atoms with E-state index < -0.39 is 0 Å². The normalized spacial score (nSPS) is 20.9. The first-order chi connectivity index (χ1) is 9.70. The maximum atomic E-state index is 12.7. The van der Waals surface area contributed by atoms with Crippen LogP contribution in [0, 0.1) is 0 Å². The third kappa shape index (κ3) is 2.42. The molecular weight excluding hydrogens is 250 g/mol. The Hall–Kier alpha value is -1.13. The second-order valence-electron chi connectivity index (χ2n) is 6.30. The second-order valence-corrected chi connectivity index (χ2v) is 6.30. The molecule has 2 N–H and O–H groups in total. The first kappa shape index (κ1) is 13.8. The smallest absolute Gasteiger partial charge is 0.255 e. The van der Waals surface area contributed by atoms with Crippen molar-refractivity contribution in [1.29, 1.82) is 0 Å². The molecular formula is C16H25N3O. The highest BCUT2D eigenvalue weighted by Gasteiger charge is 2.25. The fourth-order valence-electron chi connectivity index (χ4n) is 3.74. The molecule has 0 aromatic carbocycles. The van der Waals surface area contributed by atoms with Crippen molar-refractivity contribution in [3.8, 4) is 0 Å². The van der Waals surface area contributed by atoms with Crippen LogP contribution in [0.5, 0.6) is 0 Å².